The fraction of sp³-hybridized carbons (Fsp3) is 0.706. The van der Waals surface area contributed by atoms with Crippen LogP contribution in [0, 0.1) is 5.41 Å². The highest BCUT2D eigenvalue weighted by Gasteiger charge is 2.45. The van der Waals surface area contributed by atoms with Gasteiger partial charge in [0.1, 0.15) is 0 Å². The van der Waals surface area contributed by atoms with E-state index in [1.807, 2.05) is 18.4 Å². The zero-order valence-corrected chi connectivity index (χ0v) is 15.0. The van der Waals surface area contributed by atoms with Gasteiger partial charge in [-0.3, -0.25) is 9.69 Å². The lowest BCUT2D eigenvalue weighted by Gasteiger charge is -2.47. The lowest BCUT2D eigenvalue weighted by atomic mass is 9.81. The van der Waals surface area contributed by atoms with Crippen LogP contribution in [0.15, 0.2) is 17.5 Å². The van der Waals surface area contributed by atoms with E-state index < -0.39 is 5.60 Å². The molecule has 4 nitrogen and oxygen atoms in total. The highest BCUT2D eigenvalue weighted by molar-refractivity contribution is 7.10. The molecular formula is C17H28N2O2S. The Hall–Kier alpha value is -0.910. The van der Waals surface area contributed by atoms with E-state index in [4.69, 9.17) is 0 Å². The van der Waals surface area contributed by atoms with Crippen molar-refractivity contribution >= 4 is 17.2 Å². The third kappa shape index (κ3) is 4.09. The topological polar surface area (TPSA) is 52.6 Å². The normalized spacial score (nSPS) is 30.3. The standard InChI is InChI=1S/C17H28N2O2S/c1-16(2,3)11-13(20)18-15-14(12-7-6-10-22-12)19(5)9-8-17(15,4)21/h6-7,10,14-15,21H,8-9,11H2,1-5H3,(H,18,20). The van der Waals surface area contributed by atoms with Crippen molar-refractivity contribution < 1.29 is 9.90 Å². The van der Waals surface area contributed by atoms with Crippen molar-refractivity contribution in [3.63, 3.8) is 0 Å². The number of hydrogen-bond donors (Lipinski definition) is 2. The lowest BCUT2D eigenvalue weighted by Crippen LogP contribution is -2.61. The molecule has 0 saturated carbocycles. The minimum Gasteiger partial charge on any atom is -0.388 e. The van der Waals surface area contributed by atoms with E-state index in [0.29, 0.717) is 12.8 Å². The van der Waals surface area contributed by atoms with E-state index in [0.717, 1.165) is 6.54 Å². The molecule has 5 heteroatoms. The molecule has 1 saturated heterocycles. The van der Waals surface area contributed by atoms with Crippen LogP contribution in [0.4, 0.5) is 0 Å². The summed E-state index contributed by atoms with van der Waals surface area (Å²) in [5.74, 6) is 0.00892. The molecule has 1 amide bonds. The Labute approximate surface area is 137 Å². The van der Waals surface area contributed by atoms with Crippen LogP contribution >= 0.6 is 11.3 Å². The van der Waals surface area contributed by atoms with Crippen LogP contribution in [0.2, 0.25) is 0 Å². The predicted molar refractivity (Wildman–Crippen MR) is 90.9 cm³/mol. The van der Waals surface area contributed by atoms with Crippen molar-refractivity contribution in [2.45, 2.75) is 58.2 Å². The molecule has 124 valence electrons. The largest absolute Gasteiger partial charge is 0.388 e. The minimum absolute atomic E-state index is 0.00892. The van der Waals surface area contributed by atoms with Gasteiger partial charge in [-0.05, 0) is 37.3 Å². The maximum absolute atomic E-state index is 12.4. The van der Waals surface area contributed by atoms with E-state index in [9.17, 15) is 9.90 Å². The number of hydrogen-bond acceptors (Lipinski definition) is 4. The highest BCUT2D eigenvalue weighted by Crippen LogP contribution is 2.38. The second kappa shape index (κ2) is 6.30. The van der Waals surface area contributed by atoms with Gasteiger partial charge in [0, 0.05) is 17.8 Å². The molecule has 3 unspecified atom stereocenters. The number of nitrogens with one attached hydrogen (secondary N) is 1. The van der Waals surface area contributed by atoms with Crippen molar-refractivity contribution in [3.05, 3.63) is 22.4 Å². The molecule has 2 heterocycles. The number of nitrogens with zero attached hydrogens (tertiary/aromatic N) is 1. The number of likely N-dealkylation sites (tertiary alicyclic amines) is 1. The van der Waals surface area contributed by atoms with Gasteiger partial charge in [-0.2, -0.15) is 0 Å². The van der Waals surface area contributed by atoms with Crippen LogP contribution in [0.3, 0.4) is 0 Å². The predicted octanol–water partition coefficient (Wildman–Crippen LogP) is 2.80. The molecule has 1 aromatic rings. The van der Waals surface area contributed by atoms with E-state index in [1.54, 1.807) is 11.3 Å². The minimum atomic E-state index is -0.894. The van der Waals surface area contributed by atoms with E-state index in [1.165, 1.54) is 4.88 Å². The van der Waals surface area contributed by atoms with Crippen LogP contribution in [-0.2, 0) is 4.79 Å². The van der Waals surface area contributed by atoms with Crippen LogP contribution < -0.4 is 5.32 Å². The molecule has 3 atom stereocenters. The smallest absolute Gasteiger partial charge is 0.220 e. The van der Waals surface area contributed by atoms with Gasteiger partial charge in [0.2, 0.25) is 5.91 Å². The first kappa shape index (κ1) is 17.4. The second-order valence-corrected chi connectivity index (χ2v) is 8.81. The maximum atomic E-state index is 12.4. The number of likely N-dealkylation sites (N-methyl/N-ethyl adjacent to an activating group) is 1. The fourth-order valence-corrected chi connectivity index (χ4v) is 4.00. The first-order valence-electron chi connectivity index (χ1n) is 7.85. The van der Waals surface area contributed by atoms with Gasteiger partial charge < -0.3 is 10.4 Å². The van der Waals surface area contributed by atoms with E-state index in [2.05, 4.69) is 44.1 Å². The van der Waals surface area contributed by atoms with Crippen molar-refractivity contribution in [2.24, 2.45) is 5.41 Å². The fourth-order valence-electron chi connectivity index (χ4n) is 3.07. The molecule has 1 fully saturated rings. The quantitative estimate of drug-likeness (QED) is 0.899. The summed E-state index contributed by atoms with van der Waals surface area (Å²) in [4.78, 5) is 15.8. The summed E-state index contributed by atoms with van der Waals surface area (Å²) in [6.45, 7) is 8.81. The van der Waals surface area contributed by atoms with Gasteiger partial charge in [-0.15, -0.1) is 11.3 Å². The molecule has 22 heavy (non-hydrogen) atoms. The van der Waals surface area contributed by atoms with Crippen molar-refractivity contribution in [1.82, 2.24) is 10.2 Å². The summed E-state index contributed by atoms with van der Waals surface area (Å²) in [5, 5.41) is 16.0. The van der Waals surface area contributed by atoms with Crippen LogP contribution in [-0.4, -0.2) is 41.1 Å². The van der Waals surface area contributed by atoms with Gasteiger partial charge in [0.15, 0.2) is 0 Å². The van der Waals surface area contributed by atoms with Crippen molar-refractivity contribution in [1.29, 1.82) is 0 Å². The number of rotatable bonds is 3. The molecule has 0 aromatic carbocycles. The Bertz CT molecular complexity index is 505. The number of carbonyl (C=O) groups excluding carboxylic acids is 1. The molecule has 0 bridgehead atoms. The van der Waals surface area contributed by atoms with Gasteiger partial charge in [-0.25, -0.2) is 0 Å². The van der Waals surface area contributed by atoms with E-state index in [-0.39, 0.29) is 23.4 Å². The summed E-state index contributed by atoms with van der Waals surface area (Å²) < 4.78 is 0. The zero-order chi connectivity index (χ0) is 16.5. The molecule has 2 N–H and O–H groups in total. The molecule has 1 aromatic heterocycles. The third-order valence-corrected chi connectivity index (χ3v) is 5.22. The van der Waals surface area contributed by atoms with Gasteiger partial charge >= 0.3 is 0 Å². The molecule has 0 aliphatic carbocycles. The molecular weight excluding hydrogens is 296 g/mol. The average Bonchev–Trinajstić information content (AvgIpc) is 2.86. The van der Waals surface area contributed by atoms with Crippen LogP contribution in [0.25, 0.3) is 0 Å². The molecule has 2 rings (SSSR count). The number of thiophene rings is 1. The maximum Gasteiger partial charge on any atom is 0.220 e. The Morgan fingerprint density at radius 3 is 2.77 bits per heavy atom. The van der Waals surface area contributed by atoms with Crippen LogP contribution in [0.5, 0.6) is 0 Å². The van der Waals surface area contributed by atoms with Crippen molar-refractivity contribution in [3.8, 4) is 0 Å². The Morgan fingerprint density at radius 1 is 1.55 bits per heavy atom. The summed E-state index contributed by atoms with van der Waals surface area (Å²) in [5.41, 5.74) is -0.955. The molecule has 1 aliphatic heterocycles. The van der Waals surface area contributed by atoms with Crippen molar-refractivity contribution in [2.75, 3.05) is 13.6 Å². The summed E-state index contributed by atoms with van der Waals surface area (Å²) in [6.07, 6.45) is 1.12. The monoisotopic (exact) mass is 324 g/mol. The third-order valence-electron chi connectivity index (χ3n) is 4.27. The molecule has 0 spiro atoms. The van der Waals surface area contributed by atoms with Gasteiger partial charge in [-0.1, -0.05) is 26.8 Å². The Kier molecular flexibility index (Phi) is 5.00. The SMILES string of the molecule is CN1CCC(C)(O)C(NC(=O)CC(C)(C)C)C1c1cccs1. The van der Waals surface area contributed by atoms with Crippen LogP contribution in [0.1, 0.15) is 51.5 Å². The number of carbonyl (C=O) groups is 1. The first-order valence-corrected chi connectivity index (χ1v) is 8.73. The van der Waals surface area contributed by atoms with E-state index >= 15 is 0 Å². The molecule has 1 aliphatic rings. The number of amides is 1. The van der Waals surface area contributed by atoms with Gasteiger partial charge in [0.05, 0.1) is 17.7 Å². The zero-order valence-electron chi connectivity index (χ0n) is 14.2. The summed E-state index contributed by atoms with van der Waals surface area (Å²) in [7, 11) is 2.06. The lowest BCUT2D eigenvalue weighted by molar-refractivity contribution is -0.129. The average molecular weight is 324 g/mol. The highest BCUT2D eigenvalue weighted by atomic mass is 32.1. The number of piperidine rings is 1. The number of aliphatic hydroxyl groups is 1. The Balaban J connectivity index is 2.23. The Morgan fingerprint density at radius 2 is 2.23 bits per heavy atom. The second-order valence-electron chi connectivity index (χ2n) is 7.83. The van der Waals surface area contributed by atoms with Gasteiger partial charge in [0.25, 0.3) is 0 Å². The summed E-state index contributed by atoms with van der Waals surface area (Å²) in [6, 6.07) is 3.83. The summed E-state index contributed by atoms with van der Waals surface area (Å²) >= 11 is 1.67. The molecule has 0 radical (unpaired) electrons. The first-order chi connectivity index (χ1) is 10.1.